The normalized spacial score (nSPS) is 31.2. The van der Waals surface area contributed by atoms with E-state index in [-0.39, 0.29) is 24.1 Å². The van der Waals surface area contributed by atoms with Gasteiger partial charge >= 0.3 is 0 Å². The molecule has 72 valence electrons. The second kappa shape index (κ2) is 2.99. The summed E-state index contributed by atoms with van der Waals surface area (Å²) in [7, 11) is 0. The summed E-state index contributed by atoms with van der Waals surface area (Å²) in [6.45, 7) is 2.58. The Balaban J connectivity index is 1.78. The van der Waals surface area contributed by atoms with Crippen LogP contribution in [0, 0.1) is 0 Å². The van der Waals surface area contributed by atoms with Crippen LogP contribution in [-0.2, 0) is 14.3 Å². The average molecular weight is 184 g/mol. The molecule has 5 heteroatoms. The van der Waals surface area contributed by atoms with E-state index >= 15 is 0 Å². The van der Waals surface area contributed by atoms with E-state index in [1.807, 2.05) is 0 Å². The van der Waals surface area contributed by atoms with Crippen molar-refractivity contribution >= 4 is 11.8 Å². The van der Waals surface area contributed by atoms with Crippen molar-refractivity contribution in [3.63, 3.8) is 0 Å². The first-order chi connectivity index (χ1) is 6.16. The predicted molar refractivity (Wildman–Crippen MR) is 43.7 cm³/mol. The minimum Gasteiger partial charge on any atom is -0.354 e. The summed E-state index contributed by atoms with van der Waals surface area (Å²) in [5.41, 5.74) is 0. The van der Waals surface area contributed by atoms with Crippen LogP contribution in [0.2, 0.25) is 0 Å². The van der Waals surface area contributed by atoms with Crippen LogP contribution in [0.15, 0.2) is 0 Å². The average Bonchev–Trinajstić information content (AvgIpc) is 2.39. The van der Waals surface area contributed by atoms with Crippen molar-refractivity contribution in [2.45, 2.75) is 25.7 Å². The zero-order valence-electron chi connectivity index (χ0n) is 7.45. The maximum Gasteiger partial charge on any atom is 0.229 e. The van der Waals surface area contributed by atoms with Crippen molar-refractivity contribution in [1.29, 1.82) is 0 Å². The SMILES string of the molecule is CC(=O)NC[C@H]1CN2C(=O)C[C@@H]2O1. The van der Waals surface area contributed by atoms with E-state index in [0.29, 0.717) is 19.5 Å². The van der Waals surface area contributed by atoms with E-state index in [1.54, 1.807) is 4.90 Å². The second-order valence-electron chi connectivity index (χ2n) is 3.40. The third kappa shape index (κ3) is 1.51. The minimum absolute atomic E-state index is 0.0220. The Morgan fingerprint density at radius 2 is 2.54 bits per heavy atom. The quantitative estimate of drug-likeness (QED) is 0.565. The van der Waals surface area contributed by atoms with Gasteiger partial charge in [0.1, 0.15) is 6.23 Å². The van der Waals surface area contributed by atoms with Gasteiger partial charge in [0.2, 0.25) is 11.8 Å². The van der Waals surface area contributed by atoms with Crippen LogP contribution in [-0.4, -0.2) is 42.1 Å². The van der Waals surface area contributed by atoms with Gasteiger partial charge in [-0.05, 0) is 0 Å². The minimum atomic E-state index is -0.0656. The van der Waals surface area contributed by atoms with Crippen LogP contribution in [0.5, 0.6) is 0 Å². The summed E-state index contributed by atoms with van der Waals surface area (Å²) < 4.78 is 5.47. The molecule has 2 heterocycles. The molecule has 5 nitrogen and oxygen atoms in total. The Kier molecular flexibility index (Phi) is 1.95. The molecule has 0 spiro atoms. The van der Waals surface area contributed by atoms with E-state index in [4.69, 9.17) is 4.74 Å². The van der Waals surface area contributed by atoms with E-state index in [1.165, 1.54) is 6.92 Å². The van der Waals surface area contributed by atoms with Gasteiger partial charge in [0.05, 0.1) is 19.1 Å². The maximum absolute atomic E-state index is 11.0. The second-order valence-corrected chi connectivity index (χ2v) is 3.40. The molecule has 13 heavy (non-hydrogen) atoms. The zero-order chi connectivity index (χ0) is 9.42. The van der Waals surface area contributed by atoms with Crippen molar-refractivity contribution < 1.29 is 14.3 Å². The third-order valence-electron chi connectivity index (χ3n) is 2.35. The van der Waals surface area contributed by atoms with Gasteiger partial charge < -0.3 is 15.0 Å². The molecule has 2 fully saturated rings. The first-order valence-corrected chi connectivity index (χ1v) is 4.36. The monoisotopic (exact) mass is 184 g/mol. The van der Waals surface area contributed by atoms with Gasteiger partial charge in [0, 0.05) is 13.5 Å². The van der Waals surface area contributed by atoms with Crippen LogP contribution >= 0.6 is 0 Å². The molecule has 2 saturated heterocycles. The number of nitrogens with zero attached hydrogens (tertiary/aromatic N) is 1. The Morgan fingerprint density at radius 1 is 1.77 bits per heavy atom. The fourth-order valence-electron chi connectivity index (χ4n) is 1.62. The highest BCUT2D eigenvalue weighted by atomic mass is 16.5. The Bertz CT molecular complexity index is 254. The molecule has 2 atom stereocenters. The molecule has 1 N–H and O–H groups in total. The van der Waals surface area contributed by atoms with Gasteiger partial charge in [-0.3, -0.25) is 9.59 Å². The molecule has 0 aliphatic carbocycles. The number of carbonyl (C=O) groups is 2. The number of fused-ring (bicyclic) bond motifs is 1. The highest BCUT2D eigenvalue weighted by molar-refractivity contribution is 5.83. The van der Waals surface area contributed by atoms with Gasteiger partial charge in [-0.2, -0.15) is 0 Å². The largest absolute Gasteiger partial charge is 0.354 e. The van der Waals surface area contributed by atoms with Crippen molar-refractivity contribution in [3.05, 3.63) is 0 Å². The van der Waals surface area contributed by atoms with Crippen LogP contribution < -0.4 is 5.32 Å². The van der Waals surface area contributed by atoms with E-state index in [0.717, 1.165) is 0 Å². The lowest BCUT2D eigenvalue weighted by atomic mass is 10.2. The van der Waals surface area contributed by atoms with Crippen molar-refractivity contribution in [2.24, 2.45) is 0 Å². The van der Waals surface area contributed by atoms with Crippen LogP contribution in [0.25, 0.3) is 0 Å². The molecular weight excluding hydrogens is 172 g/mol. The maximum atomic E-state index is 11.0. The van der Waals surface area contributed by atoms with Gasteiger partial charge in [0.25, 0.3) is 0 Å². The summed E-state index contributed by atoms with van der Waals surface area (Å²) in [6.07, 6.45) is 0.447. The van der Waals surface area contributed by atoms with Crippen molar-refractivity contribution in [3.8, 4) is 0 Å². The molecule has 0 aromatic rings. The summed E-state index contributed by atoms with van der Waals surface area (Å²) in [4.78, 5) is 23.3. The molecule has 0 saturated carbocycles. The fraction of sp³-hybridized carbons (Fsp3) is 0.750. The van der Waals surface area contributed by atoms with E-state index < -0.39 is 0 Å². The number of carbonyl (C=O) groups excluding carboxylic acids is 2. The molecule has 0 unspecified atom stereocenters. The standard InChI is InChI=1S/C8H12N2O3/c1-5(11)9-3-6-4-10-7(12)2-8(10)13-6/h6,8H,2-4H2,1H3,(H,9,11)/t6-,8-/m0/s1. The number of β-lactam (4-membered cyclic amide) rings is 1. The Hall–Kier alpha value is -1.10. The first-order valence-electron chi connectivity index (χ1n) is 4.36. The molecule has 0 aromatic heterocycles. The van der Waals surface area contributed by atoms with Gasteiger partial charge in [0.15, 0.2) is 0 Å². The van der Waals surface area contributed by atoms with Gasteiger partial charge in [-0.25, -0.2) is 0 Å². The predicted octanol–water partition coefficient (Wildman–Crippen LogP) is -0.920. The molecule has 2 rings (SSSR count). The number of hydrogen-bond donors (Lipinski definition) is 1. The van der Waals surface area contributed by atoms with Crippen molar-refractivity contribution in [1.82, 2.24) is 10.2 Å². The van der Waals surface area contributed by atoms with Gasteiger partial charge in [-0.15, -0.1) is 0 Å². The van der Waals surface area contributed by atoms with E-state index in [2.05, 4.69) is 5.32 Å². The van der Waals surface area contributed by atoms with E-state index in [9.17, 15) is 9.59 Å². The van der Waals surface area contributed by atoms with Crippen LogP contribution in [0.1, 0.15) is 13.3 Å². The third-order valence-corrected chi connectivity index (χ3v) is 2.35. The first kappa shape index (κ1) is 8.50. The number of nitrogens with one attached hydrogen (secondary N) is 1. The molecule has 2 aliphatic heterocycles. The molecule has 2 amide bonds. The fourth-order valence-corrected chi connectivity index (χ4v) is 1.62. The highest BCUT2D eigenvalue weighted by Gasteiger charge is 2.44. The molecular formula is C8H12N2O3. The summed E-state index contributed by atoms with van der Waals surface area (Å²) in [5, 5.41) is 2.67. The molecule has 0 aromatic carbocycles. The number of ether oxygens (including phenoxy) is 1. The smallest absolute Gasteiger partial charge is 0.229 e. The molecule has 2 aliphatic rings. The van der Waals surface area contributed by atoms with Crippen LogP contribution in [0.4, 0.5) is 0 Å². The lowest BCUT2D eigenvalue weighted by molar-refractivity contribution is -0.156. The lowest BCUT2D eigenvalue weighted by Crippen LogP contribution is -2.48. The van der Waals surface area contributed by atoms with Crippen molar-refractivity contribution in [2.75, 3.05) is 13.1 Å². The summed E-state index contributed by atoms with van der Waals surface area (Å²) in [5.74, 6) is 0.0829. The number of amides is 2. The number of rotatable bonds is 2. The number of hydrogen-bond acceptors (Lipinski definition) is 3. The zero-order valence-corrected chi connectivity index (χ0v) is 7.45. The molecule has 0 radical (unpaired) electrons. The topological polar surface area (TPSA) is 58.6 Å². The van der Waals surface area contributed by atoms with Crippen LogP contribution in [0.3, 0.4) is 0 Å². The Morgan fingerprint density at radius 3 is 3.08 bits per heavy atom. The van der Waals surface area contributed by atoms with Gasteiger partial charge in [-0.1, -0.05) is 0 Å². The lowest BCUT2D eigenvalue weighted by Gasteiger charge is -2.31. The summed E-state index contributed by atoms with van der Waals surface area (Å²) in [6, 6.07) is 0. The summed E-state index contributed by atoms with van der Waals surface area (Å²) >= 11 is 0. The Labute approximate surface area is 76.0 Å². The highest BCUT2D eigenvalue weighted by Crippen LogP contribution is 2.27. The molecule has 0 bridgehead atoms.